The first kappa shape index (κ1) is 22.1. The fraction of sp³-hybridized carbons (Fsp3) is 0.600. The summed E-state index contributed by atoms with van der Waals surface area (Å²) >= 11 is 0. The van der Waals surface area contributed by atoms with Crippen molar-refractivity contribution in [2.45, 2.75) is 32.4 Å². The summed E-state index contributed by atoms with van der Waals surface area (Å²) in [5, 5.41) is 9.38. The number of carbonyl (C=O) groups is 1. The molecule has 0 aliphatic carbocycles. The van der Waals surface area contributed by atoms with Gasteiger partial charge in [0.05, 0.1) is 6.61 Å². The van der Waals surface area contributed by atoms with Crippen LogP contribution in [0.2, 0.25) is 0 Å². The fourth-order valence-electron chi connectivity index (χ4n) is 3.10. The van der Waals surface area contributed by atoms with Crippen LogP contribution < -0.4 is 16.0 Å². The van der Waals surface area contributed by atoms with Gasteiger partial charge in [-0.3, -0.25) is 9.69 Å². The summed E-state index contributed by atoms with van der Waals surface area (Å²) < 4.78 is 17.9. The molecule has 0 aromatic heterocycles. The third-order valence-corrected chi connectivity index (χ3v) is 4.60. The number of carbonyl (C=O) groups excluding carboxylic acids is 1. The Labute approximate surface area is 166 Å². The number of hydrogen-bond donors (Lipinski definition) is 3. The minimum atomic E-state index is -0.200. The second kappa shape index (κ2) is 12.3. The highest BCUT2D eigenvalue weighted by Crippen LogP contribution is 2.14. The number of hydrogen-bond acceptors (Lipinski definition) is 4. The summed E-state index contributed by atoms with van der Waals surface area (Å²) in [4.78, 5) is 18.5. The Bertz CT molecular complexity index is 616. The van der Waals surface area contributed by atoms with Crippen molar-refractivity contribution in [2.24, 2.45) is 4.99 Å². The fourth-order valence-corrected chi connectivity index (χ4v) is 3.10. The number of benzene rings is 1. The monoisotopic (exact) mass is 393 g/mol. The minimum absolute atomic E-state index is 0.0858. The van der Waals surface area contributed by atoms with Gasteiger partial charge < -0.3 is 20.7 Å². The van der Waals surface area contributed by atoms with E-state index >= 15 is 0 Å². The largest absolute Gasteiger partial charge is 0.383 e. The maximum absolute atomic E-state index is 13.0. The number of nitrogens with one attached hydrogen (secondary N) is 3. The highest BCUT2D eigenvalue weighted by molar-refractivity contribution is 5.85. The summed E-state index contributed by atoms with van der Waals surface area (Å²) in [5.74, 6) is 0.346. The number of halogens is 1. The lowest BCUT2D eigenvalue weighted by molar-refractivity contribution is -0.119. The van der Waals surface area contributed by atoms with Gasteiger partial charge in [-0.05, 0) is 37.5 Å². The molecule has 0 atom stereocenters. The second-order valence-corrected chi connectivity index (χ2v) is 6.86. The Morgan fingerprint density at radius 3 is 2.61 bits per heavy atom. The van der Waals surface area contributed by atoms with Crippen LogP contribution in [0.1, 0.15) is 25.3 Å². The minimum Gasteiger partial charge on any atom is -0.383 e. The van der Waals surface area contributed by atoms with Crippen molar-refractivity contribution in [3.05, 3.63) is 35.6 Å². The van der Waals surface area contributed by atoms with Crippen LogP contribution in [0.15, 0.2) is 29.3 Å². The van der Waals surface area contributed by atoms with Gasteiger partial charge in [-0.15, -0.1) is 0 Å². The van der Waals surface area contributed by atoms with Crippen molar-refractivity contribution >= 4 is 11.9 Å². The molecule has 1 amide bonds. The zero-order valence-corrected chi connectivity index (χ0v) is 16.8. The molecule has 1 aliphatic heterocycles. The molecule has 1 aromatic carbocycles. The highest BCUT2D eigenvalue weighted by Gasteiger charge is 2.20. The van der Waals surface area contributed by atoms with Crippen LogP contribution >= 0.6 is 0 Å². The smallest absolute Gasteiger partial charge is 0.241 e. The van der Waals surface area contributed by atoms with Crippen LogP contribution in [-0.2, 0) is 16.1 Å². The highest BCUT2D eigenvalue weighted by atomic mass is 19.1. The van der Waals surface area contributed by atoms with E-state index < -0.39 is 0 Å². The van der Waals surface area contributed by atoms with Gasteiger partial charge in [0.25, 0.3) is 0 Å². The van der Waals surface area contributed by atoms with Crippen molar-refractivity contribution in [3.63, 3.8) is 0 Å². The molecule has 0 saturated carbocycles. The predicted molar refractivity (Wildman–Crippen MR) is 109 cm³/mol. The molecule has 28 heavy (non-hydrogen) atoms. The first-order valence-corrected chi connectivity index (χ1v) is 9.88. The molecule has 1 aliphatic rings. The van der Waals surface area contributed by atoms with E-state index in [1.54, 1.807) is 7.11 Å². The molecule has 0 spiro atoms. The van der Waals surface area contributed by atoms with Crippen molar-refractivity contribution in [1.82, 2.24) is 20.9 Å². The van der Waals surface area contributed by atoms with Gasteiger partial charge in [-0.25, -0.2) is 9.38 Å². The molecule has 2 rings (SSSR count). The van der Waals surface area contributed by atoms with Crippen LogP contribution in [0.5, 0.6) is 0 Å². The van der Waals surface area contributed by atoms with E-state index in [1.165, 1.54) is 12.1 Å². The number of piperidine rings is 1. The van der Waals surface area contributed by atoms with Gasteiger partial charge in [-0.1, -0.05) is 12.1 Å². The van der Waals surface area contributed by atoms with E-state index in [-0.39, 0.29) is 18.3 Å². The van der Waals surface area contributed by atoms with Gasteiger partial charge in [0.15, 0.2) is 5.96 Å². The van der Waals surface area contributed by atoms with Gasteiger partial charge in [0, 0.05) is 45.9 Å². The molecular formula is C20H32FN5O2. The number of likely N-dealkylation sites (tertiary alicyclic amines) is 1. The van der Waals surface area contributed by atoms with E-state index in [1.807, 2.05) is 19.1 Å². The number of methoxy groups -OCH3 is 1. The third kappa shape index (κ3) is 8.22. The molecule has 1 heterocycles. The van der Waals surface area contributed by atoms with Gasteiger partial charge in [0.2, 0.25) is 5.91 Å². The molecule has 1 aromatic rings. The quantitative estimate of drug-likeness (QED) is 0.333. The third-order valence-electron chi connectivity index (χ3n) is 4.60. The maximum atomic E-state index is 13.0. The van der Waals surface area contributed by atoms with E-state index in [2.05, 4.69) is 25.8 Å². The van der Waals surface area contributed by atoms with Crippen LogP contribution in [0, 0.1) is 5.82 Å². The average Bonchev–Trinajstić information content (AvgIpc) is 2.70. The number of guanidine groups is 1. The maximum Gasteiger partial charge on any atom is 0.241 e. The molecule has 1 saturated heterocycles. The summed E-state index contributed by atoms with van der Waals surface area (Å²) in [6.07, 6.45) is 1.98. The van der Waals surface area contributed by atoms with Gasteiger partial charge in [0.1, 0.15) is 12.4 Å². The van der Waals surface area contributed by atoms with Crippen LogP contribution in [-0.4, -0.2) is 69.2 Å². The zero-order chi connectivity index (χ0) is 20.2. The van der Waals surface area contributed by atoms with E-state index in [9.17, 15) is 9.18 Å². The van der Waals surface area contributed by atoms with Gasteiger partial charge in [-0.2, -0.15) is 0 Å². The lowest BCUT2D eigenvalue weighted by atomic mass is 10.0. The summed E-state index contributed by atoms with van der Waals surface area (Å²) in [7, 11) is 1.60. The summed E-state index contributed by atoms with van der Waals surface area (Å²) in [6, 6.07) is 7.02. The van der Waals surface area contributed by atoms with Crippen molar-refractivity contribution in [3.8, 4) is 0 Å². The SMILES string of the molecule is CCNC(=NCC(=O)NCCOC)NC1CCN(Cc2ccc(F)cc2)CC1. The topological polar surface area (TPSA) is 78.0 Å². The van der Waals surface area contributed by atoms with E-state index in [4.69, 9.17) is 4.74 Å². The zero-order valence-electron chi connectivity index (χ0n) is 16.8. The van der Waals surface area contributed by atoms with Crippen LogP contribution in [0.3, 0.4) is 0 Å². The van der Waals surface area contributed by atoms with Crippen molar-refractivity contribution in [2.75, 3.05) is 46.4 Å². The Hall–Kier alpha value is -2.19. The summed E-state index contributed by atoms with van der Waals surface area (Å²) in [6.45, 7) is 6.57. The number of nitrogens with zero attached hydrogens (tertiary/aromatic N) is 2. The molecule has 8 heteroatoms. The molecule has 1 fully saturated rings. The number of ether oxygens (including phenoxy) is 1. The second-order valence-electron chi connectivity index (χ2n) is 6.86. The lowest BCUT2D eigenvalue weighted by Gasteiger charge is -2.33. The summed E-state index contributed by atoms with van der Waals surface area (Å²) in [5.41, 5.74) is 1.13. The lowest BCUT2D eigenvalue weighted by Crippen LogP contribution is -2.48. The first-order chi connectivity index (χ1) is 13.6. The molecular weight excluding hydrogens is 361 g/mol. The van der Waals surface area contributed by atoms with Crippen molar-refractivity contribution in [1.29, 1.82) is 0 Å². The first-order valence-electron chi connectivity index (χ1n) is 9.88. The normalized spacial score (nSPS) is 16.0. The molecule has 3 N–H and O–H groups in total. The number of rotatable bonds is 9. The predicted octanol–water partition coefficient (Wildman–Crippen LogP) is 1.11. The molecule has 0 unspecified atom stereocenters. The number of aliphatic imine (C=N–C) groups is 1. The Balaban J connectivity index is 1.75. The average molecular weight is 394 g/mol. The molecule has 156 valence electrons. The van der Waals surface area contributed by atoms with Crippen LogP contribution in [0.4, 0.5) is 4.39 Å². The Morgan fingerprint density at radius 2 is 1.96 bits per heavy atom. The molecule has 0 radical (unpaired) electrons. The van der Waals surface area contributed by atoms with Crippen molar-refractivity contribution < 1.29 is 13.9 Å². The molecule has 7 nitrogen and oxygen atoms in total. The van der Waals surface area contributed by atoms with Crippen LogP contribution in [0.25, 0.3) is 0 Å². The van der Waals surface area contributed by atoms with E-state index in [0.717, 1.165) is 44.6 Å². The number of amides is 1. The van der Waals surface area contributed by atoms with Gasteiger partial charge >= 0.3 is 0 Å². The Kier molecular flexibility index (Phi) is 9.71. The van der Waals surface area contributed by atoms with E-state index in [0.29, 0.717) is 25.2 Å². The Morgan fingerprint density at radius 1 is 1.25 bits per heavy atom. The molecule has 0 bridgehead atoms. The standard InChI is InChI=1S/C20H32FN5O2/c1-3-22-20(24-14-19(27)23-10-13-28-2)25-18-8-11-26(12-9-18)15-16-4-6-17(21)7-5-16/h4-7,18H,3,8-15H2,1-2H3,(H,23,27)(H2,22,24,25).